The van der Waals surface area contributed by atoms with Crippen LogP contribution in [0.1, 0.15) is 38.5 Å². The smallest absolute Gasteiger partial charge is 0.319 e. The fourth-order valence-electron chi connectivity index (χ4n) is 9.73. The van der Waals surface area contributed by atoms with E-state index in [-0.39, 0.29) is 34.9 Å². The largest absolute Gasteiger partial charge is 0.508 e. The first-order chi connectivity index (χ1) is 25.7. The highest BCUT2D eigenvalue weighted by atomic mass is 32.2. The molecule has 9 rings (SSSR count). The van der Waals surface area contributed by atoms with E-state index in [0.717, 1.165) is 88.6 Å². The van der Waals surface area contributed by atoms with Crippen LogP contribution in [0, 0.1) is 5.82 Å². The van der Waals surface area contributed by atoms with Gasteiger partial charge in [0.2, 0.25) is 0 Å². The Morgan fingerprint density at radius 2 is 1.66 bits per heavy atom. The predicted molar refractivity (Wildman–Crippen MR) is 204 cm³/mol. The summed E-state index contributed by atoms with van der Waals surface area (Å²) < 4.78 is 55.5. The van der Waals surface area contributed by atoms with Gasteiger partial charge in [0.1, 0.15) is 23.7 Å². The molecule has 0 aliphatic carbocycles. The molecule has 5 aliphatic rings. The van der Waals surface area contributed by atoms with E-state index in [2.05, 4.69) is 31.4 Å². The Morgan fingerprint density at radius 1 is 0.925 bits per heavy atom. The highest BCUT2D eigenvalue weighted by Crippen LogP contribution is 2.42. The summed E-state index contributed by atoms with van der Waals surface area (Å²) in [6.07, 6.45) is 5.86. The van der Waals surface area contributed by atoms with E-state index in [1.807, 2.05) is 30.3 Å². The third-order valence-electron chi connectivity index (χ3n) is 12.5. The van der Waals surface area contributed by atoms with Crippen LogP contribution in [-0.2, 0) is 10.2 Å². The normalized spacial score (nSPS) is 24.1. The zero-order valence-electron chi connectivity index (χ0n) is 30.4. The maximum atomic E-state index is 17.0. The average molecular weight is 745 g/mol. The summed E-state index contributed by atoms with van der Waals surface area (Å²) in [6, 6.07) is 14.1. The molecule has 2 bridgehead atoms. The van der Waals surface area contributed by atoms with Crippen LogP contribution in [0.4, 0.5) is 10.2 Å². The molecule has 0 amide bonds. The van der Waals surface area contributed by atoms with E-state index in [9.17, 15) is 13.5 Å². The Hall–Kier alpha value is -3.66. The minimum Gasteiger partial charge on any atom is -0.508 e. The van der Waals surface area contributed by atoms with Crippen molar-refractivity contribution < 1.29 is 22.7 Å². The molecule has 0 unspecified atom stereocenters. The Labute approximate surface area is 310 Å². The monoisotopic (exact) mass is 744 g/mol. The maximum absolute atomic E-state index is 17.0. The highest BCUT2D eigenvalue weighted by Gasteiger charge is 2.47. The number of piperazine rings is 2. The summed E-state index contributed by atoms with van der Waals surface area (Å²) in [5.74, 6) is 0.0991. The number of anilines is 1. The van der Waals surface area contributed by atoms with Gasteiger partial charge >= 0.3 is 6.01 Å². The highest BCUT2D eigenvalue weighted by molar-refractivity contribution is 7.87. The van der Waals surface area contributed by atoms with Crippen molar-refractivity contribution in [3.05, 3.63) is 54.3 Å². The molecule has 0 radical (unpaired) electrons. The van der Waals surface area contributed by atoms with Gasteiger partial charge in [0.05, 0.1) is 5.54 Å². The zero-order valence-corrected chi connectivity index (χ0v) is 31.2. The number of likely N-dealkylation sites (N-methyl/N-ethyl adjacent to an activating group) is 1. The molecule has 0 saturated carbocycles. The number of halogens is 1. The van der Waals surface area contributed by atoms with Crippen molar-refractivity contribution in [1.82, 2.24) is 33.7 Å². The summed E-state index contributed by atoms with van der Waals surface area (Å²) in [7, 11) is -1.59. The molecule has 2 atom stereocenters. The lowest BCUT2D eigenvalue weighted by Gasteiger charge is -2.41. The topological polar surface area (TPSA) is 118 Å². The van der Waals surface area contributed by atoms with Crippen LogP contribution in [0.2, 0.25) is 0 Å². The fourth-order valence-corrected chi connectivity index (χ4v) is 11.4. The average Bonchev–Trinajstić information content (AvgIpc) is 3.82. The second-order valence-electron chi connectivity index (χ2n) is 15.7. The van der Waals surface area contributed by atoms with Crippen molar-refractivity contribution in [2.24, 2.45) is 0 Å². The van der Waals surface area contributed by atoms with E-state index in [1.165, 1.54) is 0 Å². The number of phenolic OH excluding ortho intramolecular Hbond substituents is 1. The molecule has 4 aromatic rings. The standard InChI is InChI=1S/C39H49FN8O4S/c1-44-18-20-45(21-19-44)17-14-41-53(50,51)48-28-8-9-29(48)25-46(24-28)37-33-11-10-32(34-23-30(49)22-27-6-2-3-7-31(27)34)35(40)36(33)42-38(43-37)52-26-39-12-4-15-47(39)16-5-13-39/h2-3,6-7,10-11,22-23,28-29,41,49H,4-5,8-9,12-21,24-26H2,1H3/t28-,29+. The molecule has 12 nitrogen and oxygen atoms in total. The van der Waals surface area contributed by atoms with Gasteiger partial charge in [-0.1, -0.05) is 30.3 Å². The van der Waals surface area contributed by atoms with Crippen molar-refractivity contribution in [1.29, 1.82) is 0 Å². The Kier molecular flexibility index (Phi) is 9.18. The lowest BCUT2D eigenvalue weighted by molar-refractivity contribution is 0.108. The summed E-state index contributed by atoms with van der Waals surface area (Å²) >= 11 is 0. The predicted octanol–water partition coefficient (Wildman–Crippen LogP) is 4.04. The number of hydrogen-bond donors (Lipinski definition) is 2. The first kappa shape index (κ1) is 35.1. The van der Waals surface area contributed by atoms with E-state index < -0.39 is 16.0 Å². The molecule has 1 aromatic heterocycles. The van der Waals surface area contributed by atoms with Crippen LogP contribution in [0.15, 0.2) is 48.5 Å². The molecule has 2 N–H and O–H groups in total. The number of nitrogens with zero attached hydrogens (tertiary/aromatic N) is 7. The van der Waals surface area contributed by atoms with Crippen molar-refractivity contribution in [2.45, 2.75) is 56.1 Å². The number of rotatable bonds is 10. The van der Waals surface area contributed by atoms with Gasteiger partial charge in [-0.2, -0.15) is 22.7 Å². The number of aromatic hydroxyl groups is 1. The molecule has 5 saturated heterocycles. The zero-order chi connectivity index (χ0) is 36.3. The first-order valence-electron chi connectivity index (χ1n) is 19.2. The number of aromatic nitrogens is 2. The first-order valence-corrected chi connectivity index (χ1v) is 20.7. The molecule has 5 fully saturated rings. The van der Waals surface area contributed by atoms with Gasteiger partial charge in [-0.05, 0) is 93.2 Å². The van der Waals surface area contributed by atoms with Crippen LogP contribution in [0.3, 0.4) is 0 Å². The summed E-state index contributed by atoms with van der Waals surface area (Å²) in [5.41, 5.74) is 1.01. The lowest BCUT2D eigenvalue weighted by Crippen LogP contribution is -2.59. The second kappa shape index (κ2) is 13.9. The van der Waals surface area contributed by atoms with Crippen LogP contribution in [0.25, 0.3) is 32.8 Å². The Bertz CT molecular complexity index is 2110. The van der Waals surface area contributed by atoms with Gasteiger partial charge in [-0.15, -0.1) is 0 Å². The number of hydrogen-bond acceptors (Lipinski definition) is 10. The van der Waals surface area contributed by atoms with Crippen molar-refractivity contribution >= 4 is 37.7 Å². The lowest BCUT2D eigenvalue weighted by atomic mass is 9.95. The molecule has 53 heavy (non-hydrogen) atoms. The van der Waals surface area contributed by atoms with Gasteiger partial charge < -0.3 is 19.6 Å². The van der Waals surface area contributed by atoms with Crippen LogP contribution in [-0.4, -0.2) is 139 Å². The van der Waals surface area contributed by atoms with E-state index in [1.54, 1.807) is 22.5 Å². The molecule has 3 aromatic carbocycles. The van der Waals surface area contributed by atoms with Crippen LogP contribution >= 0.6 is 0 Å². The minimum atomic E-state index is -3.70. The van der Waals surface area contributed by atoms with Crippen molar-refractivity contribution in [3.8, 4) is 22.9 Å². The molecule has 0 spiro atoms. The van der Waals surface area contributed by atoms with Crippen molar-refractivity contribution in [2.75, 3.05) is 84.0 Å². The SMILES string of the molecule is CN1CCN(CCNS(=O)(=O)N2[C@@H]3CC[C@H]2CN(c2nc(OCC45CCCN4CCC5)nc4c(F)c(-c5cc(O)cc6ccccc56)ccc24)C3)CC1. The van der Waals surface area contributed by atoms with E-state index in [4.69, 9.17) is 14.7 Å². The number of nitrogens with one attached hydrogen (secondary N) is 1. The molecular weight excluding hydrogens is 696 g/mol. The summed E-state index contributed by atoms with van der Waals surface area (Å²) in [4.78, 5) is 18.9. The molecule has 282 valence electrons. The van der Waals surface area contributed by atoms with Gasteiger partial charge in [-0.3, -0.25) is 9.80 Å². The Balaban J connectivity index is 1.03. The van der Waals surface area contributed by atoms with Gasteiger partial charge in [-0.25, -0.2) is 9.11 Å². The van der Waals surface area contributed by atoms with E-state index in [0.29, 0.717) is 55.1 Å². The minimum absolute atomic E-state index is 0.0458. The number of phenols is 1. The fraction of sp³-hybridized carbons (Fsp3) is 0.538. The quantitative estimate of drug-likeness (QED) is 0.247. The van der Waals surface area contributed by atoms with Crippen LogP contribution < -0.4 is 14.4 Å². The Morgan fingerprint density at radius 3 is 2.42 bits per heavy atom. The summed E-state index contributed by atoms with van der Waals surface area (Å²) in [5, 5.41) is 12.8. The molecule has 14 heteroatoms. The molecule has 6 heterocycles. The molecule has 5 aliphatic heterocycles. The summed E-state index contributed by atoms with van der Waals surface area (Å²) in [6.45, 7) is 8.32. The third-order valence-corrected chi connectivity index (χ3v) is 14.2. The van der Waals surface area contributed by atoms with Gasteiger partial charge in [0.25, 0.3) is 10.2 Å². The van der Waals surface area contributed by atoms with Crippen LogP contribution in [0.5, 0.6) is 11.8 Å². The number of benzene rings is 3. The van der Waals surface area contributed by atoms with Gasteiger partial charge in [0.15, 0.2) is 5.82 Å². The van der Waals surface area contributed by atoms with Crippen molar-refractivity contribution in [3.63, 3.8) is 0 Å². The second-order valence-corrected chi connectivity index (χ2v) is 17.4. The van der Waals surface area contributed by atoms with Gasteiger partial charge in [0, 0.05) is 75.4 Å². The number of ether oxygens (including phenoxy) is 1. The molecular formula is C39H49FN8O4S. The maximum Gasteiger partial charge on any atom is 0.319 e. The third kappa shape index (κ3) is 6.50. The van der Waals surface area contributed by atoms with E-state index >= 15 is 4.39 Å². The number of fused-ring (bicyclic) bond motifs is 5.